The predicted octanol–water partition coefficient (Wildman–Crippen LogP) is 2.50. The van der Waals surface area contributed by atoms with Gasteiger partial charge in [0.25, 0.3) is 0 Å². The molecule has 2 aromatic rings. The molecule has 9 heteroatoms. The van der Waals surface area contributed by atoms with Crippen LogP contribution in [0.15, 0.2) is 30.7 Å². The molecular formula is C15H18F2N6O. The minimum absolute atomic E-state index is 0.0593. The van der Waals surface area contributed by atoms with Gasteiger partial charge in [-0.25, -0.2) is 15.0 Å². The van der Waals surface area contributed by atoms with Crippen LogP contribution in [-0.4, -0.2) is 33.6 Å². The molecule has 1 fully saturated rings. The number of anilines is 3. The van der Waals surface area contributed by atoms with Crippen LogP contribution in [0.3, 0.4) is 0 Å². The molecule has 0 spiro atoms. The molecule has 1 aliphatic rings. The molecule has 0 saturated heterocycles. The van der Waals surface area contributed by atoms with Crippen molar-refractivity contribution in [3.8, 4) is 5.75 Å². The van der Waals surface area contributed by atoms with Crippen molar-refractivity contribution in [1.82, 2.24) is 15.0 Å². The van der Waals surface area contributed by atoms with Crippen molar-refractivity contribution in [3.63, 3.8) is 0 Å². The van der Waals surface area contributed by atoms with E-state index in [1.807, 2.05) is 6.07 Å². The molecular weight excluding hydrogens is 318 g/mol. The lowest BCUT2D eigenvalue weighted by Gasteiger charge is -2.15. The lowest BCUT2D eigenvalue weighted by Crippen LogP contribution is -2.22. The molecule has 4 N–H and O–H groups in total. The first-order chi connectivity index (χ1) is 11.6. The second kappa shape index (κ2) is 7.24. The van der Waals surface area contributed by atoms with E-state index in [1.54, 1.807) is 12.3 Å². The number of halogens is 2. The second-order valence-electron chi connectivity index (χ2n) is 5.59. The Balaban J connectivity index is 1.49. The van der Waals surface area contributed by atoms with Gasteiger partial charge >= 0.3 is 6.61 Å². The average Bonchev–Trinajstić information content (AvgIpc) is 2.98. The van der Waals surface area contributed by atoms with Crippen LogP contribution in [0.2, 0.25) is 0 Å². The van der Waals surface area contributed by atoms with Crippen LogP contribution in [0.25, 0.3) is 0 Å². The van der Waals surface area contributed by atoms with Crippen LogP contribution in [0.1, 0.15) is 19.3 Å². The Morgan fingerprint density at radius 3 is 2.38 bits per heavy atom. The fraction of sp³-hybridized carbons (Fsp3) is 0.400. The lowest BCUT2D eigenvalue weighted by molar-refractivity contribution is -0.0503. The van der Waals surface area contributed by atoms with Gasteiger partial charge in [0.1, 0.15) is 5.82 Å². The summed E-state index contributed by atoms with van der Waals surface area (Å²) in [6, 6.07) is 4.15. The molecule has 24 heavy (non-hydrogen) atoms. The Morgan fingerprint density at radius 1 is 1.04 bits per heavy atom. The number of aromatic nitrogens is 3. The predicted molar refractivity (Wildman–Crippen MR) is 86.0 cm³/mol. The third kappa shape index (κ3) is 4.40. The average molecular weight is 336 g/mol. The molecule has 2 heterocycles. The fourth-order valence-electron chi connectivity index (χ4n) is 2.68. The molecule has 0 unspecified atom stereocenters. The highest BCUT2D eigenvalue weighted by Crippen LogP contribution is 2.25. The first-order valence-corrected chi connectivity index (χ1v) is 7.60. The van der Waals surface area contributed by atoms with Crippen LogP contribution < -0.4 is 21.1 Å². The maximum atomic E-state index is 12.1. The molecule has 0 radical (unpaired) electrons. The summed E-state index contributed by atoms with van der Waals surface area (Å²) < 4.78 is 28.4. The molecule has 0 aromatic carbocycles. The second-order valence-corrected chi connectivity index (χ2v) is 5.59. The number of hydrogen-bond donors (Lipinski definition) is 3. The zero-order valence-electron chi connectivity index (χ0n) is 12.8. The van der Waals surface area contributed by atoms with Gasteiger partial charge < -0.3 is 21.1 Å². The Bertz CT molecular complexity index is 652. The summed E-state index contributed by atoms with van der Waals surface area (Å²) in [7, 11) is 0. The highest BCUT2D eigenvalue weighted by molar-refractivity contribution is 5.44. The van der Waals surface area contributed by atoms with Crippen molar-refractivity contribution in [3.05, 3.63) is 30.7 Å². The van der Waals surface area contributed by atoms with Crippen molar-refractivity contribution >= 4 is 17.5 Å². The summed E-state index contributed by atoms with van der Waals surface area (Å²) in [5.41, 5.74) is 6.24. The zero-order valence-corrected chi connectivity index (χ0v) is 12.8. The third-order valence-electron chi connectivity index (χ3n) is 3.76. The molecule has 1 saturated carbocycles. The lowest BCUT2D eigenvalue weighted by atomic mass is 10.2. The van der Waals surface area contributed by atoms with E-state index in [2.05, 4.69) is 30.3 Å². The van der Waals surface area contributed by atoms with Gasteiger partial charge in [-0.2, -0.15) is 8.78 Å². The van der Waals surface area contributed by atoms with E-state index in [0.29, 0.717) is 17.7 Å². The van der Waals surface area contributed by atoms with Crippen molar-refractivity contribution in [2.24, 2.45) is 0 Å². The van der Waals surface area contributed by atoms with E-state index >= 15 is 0 Å². The molecule has 0 bridgehead atoms. The van der Waals surface area contributed by atoms with Gasteiger partial charge in [0.05, 0.1) is 24.3 Å². The Hall–Kier alpha value is -2.71. The number of rotatable bonds is 6. The maximum Gasteiger partial charge on any atom is 0.387 e. The van der Waals surface area contributed by atoms with Crippen molar-refractivity contribution in [2.45, 2.75) is 38.0 Å². The van der Waals surface area contributed by atoms with Gasteiger partial charge in [-0.3, -0.25) is 0 Å². The van der Waals surface area contributed by atoms with Crippen LogP contribution in [0.5, 0.6) is 5.75 Å². The van der Waals surface area contributed by atoms with E-state index in [0.717, 1.165) is 25.1 Å². The van der Waals surface area contributed by atoms with Crippen LogP contribution >= 0.6 is 0 Å². The van der Waals surface area contributed by atoms with Gasteiger partial charge in [0.2, 0.25) is 5.95 Å². The molecule has 0 amide bonds. The first kappa shape index (κ1) is 16.2. The summed E-state index contributed by atoms with van der Waals surface area (Å²) in [5, 5.41) is 6.56. The van der Waals surface area contributed by atoms with Crippen molar-refractivity contribution in [1.29, 1.82) is 0 Å². The summed E-state index contributed by atoms with van der Waals surface area (Å²) in [4.78, 5) is 12.2. The number of nitrogens with one attached hydrogen (secondary N) is 2. The van der Waals surface area contributed by atoms with Gasteiger partial charge in [0, 0.05) is 12.1 Å². The quantitative estimate of drug-likeness (QED) is 0.745. The highest BCUT2D eigenvalue weighted by atomic mass is 19.3. The highest BCUT2D eigenvalue weighted by Gasteiger charge is 2.25. The number of hydrogen-bond acceptors (Lipinski definition) is 7. The summed E-state index contributed by atoms with van der Waals surface area (Å²) >= 11 is 0. The van der Waals surface area contributed by atoms with Crippen LogP contribution in [-0.2, 0) is 0 Å². The SMILES string of the molecule is Nc1ccc(N[C@H]2CC[C@H](Nc3ncc(OC(F)F)cn3)C2)nc1. The monoisotopic (exact) mass is 336 g/mol. The normalized spacial score (nSPS) is 20.1. The molecule has 2 atom stereocenters. The number of nitrogen functional groups attached to an aromatic ring is 1. The number of ether oxygens (including phenoxy) is 1. The Kier molecular flexibility index (Phi) is 4.88. The summed E-state index contributed by atoms with van der Waals surface area (Å²) in [5.74, 6) is 1.13. The molecule has 128 valence electrons. The minimum atomic E-state index is -2.88. The number of nitrogens with two attached hydrogens (primary N) is 1. The van der Waals surface area contributed by atoms with Crippen LogP contribution in [0.4, 0.5) is 26.2 Å². The van der Waals surface area contributed by atoms with Gasteiger partial charge in [-0.1, -0.05) is 0 Å². The molecule has 1 aliphatic carbocycles. The van der Waals surface area contributed by atoms with Gasteiger partial charge in [-0.15, -0.1) is 0 Å². The van der Waals surface area contributed by atoms with E-state index in [-0.39, 0.29) is 11.8 Å². The fourth-order valence-corrected chi connectivity index (χ4v) is 2.68. The largest absolute Gasteiger partial charge is 0.432 e. The van der Waals surface area contributed by atoms with E-state index in [4.69, 9.17) is 5.73 Å². The number of pyridine rings is 1. The molecule has 0 aliphatic heterocycles. The molecule has 7 nitrogen and oxygen atoms in total. The first-order valence-electron chi connectivity index (χ1n) is 7.60. The third-order valence-corrected chi connectivity index (χ3v) is 3.76. The molecule has 2 aromatic heterocycles. The van der Waals surface area contributed by atoms with Gasteiger partial charge in [-0.05, 0) is 31.4 Å². The standard InChI is InChI=1S/C15H18F2N6O/c16-14(17)24-12-7-20-15(21-8-12)23-11-3-2-10(5-11)22-13-4-1-9(18)6-19-13/h1,4,6-8,10-11,14H,2-3,5,18H2,(H,19,22)(H,20,21,23)/t10-,11-/m0/s1. The smallest absolute Gasteiger partial charge is 0.387 e. The Morgan fingerprint density at radius 2 is 1.75 bits per heavy atom. The number of alkyl halides is 2. The molecule has 3 rings (SSSR count). The maximum absolute atomic E-state index is 12.1. The summed E-state index contributed by atoms with van der Waals surface area (Å²) in [6.07, 6.45) is 6.88. The van der Waals surface area contributed by atoms with E-state index in [9.17, 15) is 8.78 Å². The summed E-state index contributed by atoms with van der Waals surface area (Å²) in [6.45, 7) is -2.88. The Labute approximate surface area is 137 Å². The van der Waals surface area contributed by atoms with E-state index < -0.39 is 6.61 Å². The van der Waals surface area contributed by atoms with Gasteiger partial charge in [0.15, 0.2) is 5.75 Å². The van der Waals surface area contributed by atoms with Crippen LogP contribution in [0, 0.1) is 0 Å². The van der Waals surface area contributed by atoms with Crippen molar-refractivity contribution < 1.29 is 13.5 Å². The topological polar surface area (TPSA) is 98.0 Å². The minimum Gasteiger partial charge on any atom is -0.432 e. The van der Waals surface area contributed by atoms with E-state index in [1.165, 1.54) is 12.4 Å². The van der Waals surface area contributed by atoms with Crippen molar-refractivity contribution in [2.75, 3.05) is 16.4 Å². The number of nitrogens with zero attached hydrogens (tertiary/aromatic N) is 3. The zero-order chi connectivity index (χ0) is 16.9.